The fraction of sp³-hybridized carbons (Fsp3) is 0.0714. The van der Waals surface area contributed by atoms with Crippen LogP contribution in [0.4, 0.5) is 5.69 Å². The van der Waals surface area contributed by atoms with E-state index in [1.54, 1.807) is 17.2 Å². The number of hydrogen-bond donors (Lipinski definition) is 1. The van der Waals surface area contributed by atoms with Crippen LogP contribution in [-0.4, -0.2) is 19.7 Å². The number of hydrogen-bond acceptors (Lipinski definition) is 4. The summed E-state index contributed by atoms with van der Waals surface area (Å²) < 4.78 is 2.61. The third kappa shape index (κ3) is 2.42. The van der Waals surface area contributed by atoms with Crippen molar-refractivity contribution in [2.75, 3.05) is 5.73 Å². The highest BCUT2D eigenvalue weighted by Gasteiger charge is 2.08. The van der Waals surface area contributed by atoms with Crippen molar-refractivity contribution in [3.8, 4) is 17.2 Å². The van der Waals surface area contributed by atoms with Gasteiger partial charge in [0.15, 0.2) is 11.6 Å². The normalized spacial score (nSPS) is 10.7. The van der Waals surface area contributed by atoms with Crippen LogP contribution in [0.5, 0.6) is 0 Å². The number of nitrogens with two attached hydrogens (primary N) is 1. The van der Waals surface area contributed by atoms with Gasteiger partial charge in [-0.1, -0.05) is 12.1 Å². The van der Waals surface area contributed by atoms with E-state index >= 15 is 0 Å². The Morgan fingerprint density at radius 1 is 1.20 bits per heavy atom. The van der Waals surface area contributed by atoms with Gasteiger partial charge in [-0.25, -0.2) is 14.6 Å². The van der Waals surface area contributed by atoms with Crippen molar-refractivity contribution in [2.24, 2.45) is 0 Å². The zero-order valence-electron chi connectivity index (χ0n) is 10.8. The molecule has 2 heterocycles. The summed E-state index contributed by atoms with van der Waals surface area (Å²) in [4.78, 5) is 8.67. The molecule has 1 aromatic carbocycles. The maximum absolute atomic E-state index is 5.77. The van der Waals surface area contributed by atoms with E-state index in [1.165, 1.54) is 0 Å². The van der Waals surface area contributed by atoms with Gasteiger partial charge in [0.2, 0.25) is 0 Å². The number of aromatic nitrogens is 4. The van der Waals surface area contributed by atoms with Gasteiger partial charge in [0, 0.05) is 21.9 Å². The average molecular weight is 330 g/mol. The summed E-state index contributed by atoms with van der Waals surface area (Å²) in [6.07, 6.45) is 3.39. The van der Waals surface area contributed by atoms with E-state index in [0.29, 0.717) is 11.5 Å². The lowest BCUT2D eigenvalue weighted by Gasteiger charge is -2.03. The fourth-order valence-corrected chi connectivity index (χ4v) is 2.39. The number of pyridine rings is 1. The first-order chi connectivity index (χ1) is 9.63. The quantitative estimate of drug-likeness (QED) is 0.734. The Bertz CT molecular complexity index is 766. The van der Waals surface area contributed by atoms with Gasteiger partial charge in [0.1, 0.15) is 6.33 Å². The van der Waals surface area contributed by atoms with Crippen LogP contribution in [0.3, 0.4) is 0 Å². The Kier molecular flexibility index (Phi) is 3.23. The highest BCUT2D eigenvalue weighted by molar-refractivity contribution is 9.10. The molecule has 2 N–H and O–H groups in total. The second-order valence-corrected chi connectivity index (χ2v) is 5.35. The molecule has 0 radical (unpaired) electrons. The van der Waals surface area contributed by atoms with Gasteiger partial charge in [0.05, 0.1) is 0 Å². The highest BCUT2D eigenvalue weighted by atomic mass is 79.9. The Morgan fingerprint density at radius 2 is 2.05 bits per heavy atom. The number of nitrogens with zero attached hydrogens (tertiary/aromatic N) is 4. The number of nitrogen functional groups attached to an aromatic ring is 1. The van der Waals surface area contributed by atoms with Crippen molar-refractivity contribution in [1.82, 2.24) is 19.7 Å². The average Bonchev–Trinajstić information content (AvgIpc) is 2.88. The van der Waals surface area contributed by atoms with Crippen LogP contribution in [0.25, 0.3) is 17.2 Å². The number of halogens is 1. The Balaban J connectivity index is 2.02. The molecule has 0 atom stereocenters. The molecule has 100 valence electrons. The SMILES string of the molecule is Cc1cc(Br)cnc1-n1cnc(-c2cccc(N)c2)n1. The second kappa shape index (κ2) is 5.05. The molecule has 0 saturated heterocycles. The predicted molar refractivity (Wildman–Crippen MR) is 81.4 cm³/mol. The molecule has 0 aliphatic heterocycles. The number of benzene rings is 1. The monoisotopic (exact) mass is 329 g/mol. The first kappa shape index (κ1) is 12.8. The molecule has 3 rings (SSSR count). The van der Waals surface area contributed by atoms with E-state index in [4.69, 9.17) is 5.73 Å². The van der Waals surface area contributed by atoms with Crippen LogP contribution < -0.4 is 5.73 Å². The smallest absolute Gasteiger partial charge is 0.181 e. The van der Waals surface area contributed by atoms with E-state index in [9.17, 15) is 0 Å². The standard InChI is InChI=1S/C14H12BrN5/c1-9-5-11(15)7-17-14(9)20-8-18-13(19-20)10-3-2-4-12(16)6-10/h2-8H,16H2,1H3. The van der Waals surface area contributed by atoms with E-state index in [1.807, 2.05) is 37.3 Å². The van der Waals surface area contributed by atoms with Crippen molar-refractivity contribution in [3.63, 3.8) is 0 Å². The first-order valence-electron chi connectivity index (χ1n) is 6.03. The van der Waals surface area contributed by atoms with Gasteiger partial charge in [0.25, 0.3) is 0 Å². The lowest BCUT2D eigenvalue weighted by molar-refractivity contribution is 0.838. The van der Waals surface area contributed by atoms with E-state index in [0.717, 1.165) is 21.4 Å². The molecule has 20 heavy (non-hydrogen) atoms. The Labute approximate surface area is 124 Å². The lowest BCUT2D eigenvalue weighted by Crippen LogP contribution is -2.01. The highest BCUT2D eigenvalue weighted by Crippen LogP contribution is 2.20. The van der Waals surface area contributed by atoms with Crippen LogP contribution in [0, 0.1) is 6.92 Å². The van der Waals surface area contributed by atoms with Crippen LogP contribution in [0.1, 0.15) is 5.56 Å². The van der Waals surface area contributed by atoms with Gasteiger partial charge < -0.3 is 5.73 Å². The summed E-state index contributed by atoms with van der Waals surface area (Å²) in [6, 6.07) is 9.49. The number of anilines is 1. The van der Waals surface area contributed by atoms with Crippen LogP contribution in [-0.2, 0) is 0 Å². The lowest BCUT2D eigenvalue weighted by atomic mass is 10.2. The molecule has 0 spiro atoms. The zero-order valence-corrected chi connectivity index (χ0v) is 12.4. The van der Waals surface area contributed by atoms with Crippen LogP contribution >= 0.6 is 15.9 Å². The third-order valence-electron chi connectivity index (χ3n) is 2.87. The Hall–Kier alpha value is -2.21. The van der Waals surface area contributed by atoms with E-state index < -0.39 is 0 Å². The summed E-state index contributed by atoms with van der Waals surface area (Å²) in [7, 11) is 0. The minimum absolute atomic E-state index is 0.626. The summed E-state index contributed by atoms with van der Waals surface area (Å²) in [5, 5.41) is 4.45. The molecule has 0 aliphatic carbocycles. The molecular formula is C14H12BrN5. The van der Waals surface area contributed by atoms with E-state index in [2.05, 4.69) is 31.0 Å². The molecule has 0 bridgehead atoms. The molecule has 0 saturated carbocycles. The van der Waals surface area contributed by atoms with Gasteiger partial charge in [-0.2, -0.15) is 0 Å². The Morgan fingerprint density at radius 3 is 2.80 bits per heavy atom. The molecule has 5 nitrogen and oxygen atoms in total. The molecule has 3 aromatic rings. The second-order valence-electron chi connectivity index (χ2n) is 4.43. The number of aryl methyl sites for hydroxylation is 1. The van der Waals surface area contributed by atoms with Gasteiger partial charge >= 0.3 is 0 Å². The largest absolute Gasteiger partial charge is 0.399 e. The van der Waals surface area contributed by atoms with Crippen molar-refractivity contribution in [2.45, 2.75) is 6.92 Å². The molecule has 6 heteroatoms. The molecule has 0 amide bonds. The van der Waals surface area contributed by atoms with Crippen molar-refractivity contribution in [3.05, 3.63) is 52.9 Å². The molecule has 0 unspecified atom stereocenters. The maximum Gasteiger partial charge on any atom is 0.181 e. The van der Waals surface area contributed by atoms with Crippen molar-refractivity contribution < 1.29 is 0 Å². The minimum atomic E-state index is 0.626. The fourth-order valence-electron chi connectivity index (χ4n) is 1.95. The molecule has 0 fully saturated rings. The summed E-state index contributed by atoms with van der Waals surface area (Å²) in [5.74, 6) is 1.39. The van der Waals surface area contributed by atoms with Crippen molar-refractivity contribution in [1.29, 1.82) is 0 Å². The molecule has 2 aromatic heterocycles. The van der Waals surface area contributed by atoms with Gasteiger partial charge in [-0.3, -0.25) is 0 Å². The minimum Gasteiger partial charge on any atom is -0.399 e. The summed E-state index contributed by atoms with van der Waals surface area (Å²) in [5.41, 5.74) is 8.37. The van der Waals surface area contributed by atoms with Crippen LogP contribution in [0.15, 0.2) is 47.3 Å². The zero-order chi connectivity index (χ0) is 14.1. The number of rotatable bonds is 2. The predicted octanol–water partition coefficient (Wildman–Crippen LogP) is 2.98. The summed E-state index contributed by atoms with van der Waals surface area (Å²) in [6.45, 7) is 1.98. The van der Waals surface area contributed by atoms with E-state index in [-0.39, 0.29) is 0 Å². The van der Waals surface area contributed by atoms with Gasteiger partial charge in [-0.15, -0.1) is 5.10 Å². The first-order valence-corrected chi connectivity index (χ1v) is 6.83. The third-order valence-corrected chi connectivity index (χ3v) is 3.30. The van der Waals surface area contributed by atoms with Gasteiger partial charge in [-0.05, 0) is 46.6 Å². The topological polar surface area (TPSA) is 69.6 Å². The van der Waals surface area contributed by atoms with Crippen LogP contribution in [0.2, 0.25) is 0 Å². The molecule has 0 aliphatic rings. The summed E-state index contributed by atoms with van der Waals surface area (Å²) >= 11 is 3.40. The molecular weight excluding hydrogens is 318 g/mol. The maximum atomic E-state index is 5.77. The van der Waals surface area contributed by atoms with Crippen molar-refractivity contribution >= 4 is 21.6 Å².